The number of hydrogen-bond acceptors (Lipinski definition) is 6. The van der Waals surface area contributed by atoms with Crippen molar-refractivity contribution in [3.05, 3.63) is 40.6 Å². The number of rotatable bonds is 5. The average molecular weight is 450 g/mol. The zero-order valence-corrected chi connectivity index (χ0v) is 17.4. The number of amides is 1. The molecule has 1 saturated heterocycles. The number of ether oxygens (including phenoxy) is 1. The summed E-state index contributed by atoms with van der Waals surface area (Å²) >= 11 is 5.02. The summed E-state index contributed by atoms with van der Waals surface area (Å²) in [6, 6.07) is 7.70. The van der Waals surface area contributed by atoms with E-state index in [1.54, 1.807) is 21.8 Å². The van der Waals surface area contributed by atoms with Gasteiger partial charge in [-0.1, -0.05) is 27.3 Å². The third kappa shape index (κ3) is 4.21. The molecule has 142 valence electrons. The van der Waals surface area contributed by atoms with Crippen LogP contribution in [-0.4, -0.2) is 65.0 Å². The molecule has 0 atom stereocenters. The van der Waals surface area contributed by atoms with Crippen LogP contribution >= 0.6 is 27.3 Å². The molecule has 3 aromatic rings. The molecule has 0 radical (unpaired) electrons. The molecule has 4 rings (SSSR count). The van der Waals surface area contributed by atoms with Crippen molar-refractivity contribution in [2.24, 2.45) is 7.05 Å². The molecule has 1 aromatic carbocycles. The van der Waals surface area contributed by atoms with Crippen LogP contribution < -0.4 is 4.90 Å². The van der Waals surface area contributed by atoms with E-state index >= 15 is 0 Å². The van der Waals surface area contributed by atoms with Crippen LogP contribution in [0.15, 0.2) is 34.9 Å². The Morgan fingerprint density at radius 2 is 2.15 bits per heavy atom. The fourth-order valence-corrected chi connectivity index (χ4v) is 4.56. The Kier molecular flexibility index (Phi) is 5.53. The lowest BCUT2D eigenvalue weighted by atomic mass is 10.3. The van der Waals surface area contributed by atoms with Crippen LogP contribution in [0.4, 0.5) is 5.13 Å². The maximum atomic E-state index is 13.1. The quantitative estimate of drug-likeness (QED) is 0.599. The van der Waals surface area contributed by atoms with Crippen LogP contribution in [0, 0.1) is 0 Å². The van der Waals surface area contributed by atoms with E-state index < -0.39 is 0 Å². The third-order valence-electron chi connectivity index (χ3n) is 4.49. The van der Waals surface area contributed by atoms with Gasteiger partial charge < -0.3 is 4.74 Å². The molecule has 1 aliphatic rings. The van der Waals surface area contributed by atoms with E-state index in [-0.39, 0.29) is 5.91 Å². The molecule has 27 heavy (non-hydrogen) atoms. The molecule has 2 aromatic heterocycles. The number of carbonyl (C=O) groups excluding carboxylic acids is 1. The summed E-state index contributed by atoms with van der Waals surface area (Å²) < 4.78 is 9.10. The molecule has 0 bridgehead atoms. The third-order valence-corrected chi connectivity index (χ3v) is 6.03. The topological polar surface area (TPSA) is 63.5 Å². The molecule has 9 heteroatoms. The van der Waals surface area contributed by atoms with Gasteiger partial charge in [0.1, 0.15) is 0 Å². The van der Waals surface area contributed by atoms with Crippen molar-refractivity contribution in [1.82, 2.24) is 19.7 Å². The van der Waals surface area contributed by atoms with Gasteiger partial charge in [0.25, 0.3) is 5.91 Å². The number of thiazole rings is 1. The van der Waals surface area contributed by atoms with Crippen LogP contribution in [0.2, 0.25) is 0 Å². The first-order chi connectivity index (χ1) is 13.1. The summed E-state index contributed by atoms with van der Waals surface area (Å²) in [5.41, 5.74) is 1.32. The Balaban J connectivity index is 1.62. The molecule has 0 unspecified atom stereocenters. The zero-order valence-electron chi connectivity index (χ0n) is 15.0. The van der Waals surface area contributed by atoms with Gasteiger partial charge in [0.2, 0.25) is 0 Å². The van der Waals surface area contributed by atoms with Gasteiger partial charge in [-0.3, -0.25) is 19.3 Å². The average Bonchev–Trinajstić information content (AvgIpc) is 3.28. The second-order valence-corrected chi connectivity index (χ2v) is 8.32. The van der Waals surface area contributed by atoms with Crippen LogP contribution in [0.1, 0.15) is 10.5 Å². The maximum absolute atomic E-state index is 13.1. The number of benzene rings is 1. The van der Waals surface area contributed by atoms with Crippen LogP contribution in [-0.2, 0) is 11.8 Å². The molecule has 0 saturated carbocycles. The van der Waals surface area contributed by atoms with E-state index in [4.69, 9.17) is 9.72 Å². The van der Waals surface area contributed by atoms with Crippen molar-refractivity contribution >= 4 is 48.5 Å². The largest absolute Gasteiger partial charge is 0.379 e. The van der Waals surface area contributed by atoms with Gasteiger partial charge in [-0.25, -0.2) is 4.98 Å². The van der Waals surface area contributed by atoms with E-state index in [0.717, 1.165) is 47.5 Å². The molecule has 1 fully saturated rings. The SMILES string of the molecule is Cn1ccc(C(=O)N(CCN2CCOCC2)c2nc3ccc(Br)cc3s2)n1. The predicted molar refractivity (Wildman–Crippen MR) is 109 cm³/mol. The lowest BCUT2D eigenvalue weighted by Crippen LogP contribution is -2.43. The summed E-state index contributed by atoms with van der Waals surface area (Å²) in [5.74, 6) is -0.123. The summed E-state index contributed by atoms with van der Waals surface area (Å²) in [4.78, 5) is 21.9. The minimum absolute atomic E-state index is 0.123. The number of carbonyl (C=O) groups is 1. The molecule has 0 N–H and O–H groups in total. The molecule has 0 spiro atoms. The molecular weight excluding hydrogens is 430 g/mol. The monoisotopic (exact) mass is 449 g/mol. The van der Waals surface area contributed by atoms with Gasteiger partial charge >= 0.3 is 0 Å². The Bertz CT molecular complexity index is 950. The number of aromatic nitrogens is 3. The van der Waals surface area contributed by atoms with Crippen molar-refractivity contribution in [2.75, 3.05) is 44.3 Å². The van der Waals surface area contributed by atoms with Gasteiger partial charge in [-0.15, -0.1) is 0 Å². The summed E-state index contributed by atoms with van der Waals surface area (Å²) in [7, 11) is 1.81. The van der Waals surface area contributed by atoms with Gasteiger partial charge in [0, 0.05) is 43.9 Å². The number of morpholine rings is 1. The van der Waals surface area contributed by atoms with Crippen molar-refractivity contribution in [1.29, 1.82) is 0 Å². The number of anilines is 1. The highest BCUT2D eigenvalue weighted by atomic mass is 79.9. The highest BCUT2D eigenvalue weighted by Gasteiger charge is 2.24. The summed E-state index contributed by atoms with van der Waals surface area (Å²) in [6.07, 6.45) is 1.78. The second kappa shape index (κ2) is 8.05. The minimum Gasteiger partial charge on any atom is -0.379 e. The maximum Gasteiger partial charge on any atom is 0.280 e. The van der Waals surface area contributed by atoms with E-state index in [0.29, 0.717) is 17.4 Å². The van der Waals surface area contributed by atoms with Crippen molar-refractivity contribution in [2.45, 2.75) is 0 Å². The van der Waals surface area contributed by atoms with Gasteiger partial charge in [0.05, 0.1) is 23.4 Å². The normalized spacial score (nSPS) is 15.3. The Morgan fingerprint density at radius 1 is 1.33 bits per heavy atom. The highest BCUT2D eigenvalue weighted by molar-refractivity contribution is 9.10. The first-order valence-corrected chi connectivity index (χ1v) is 10.4. The van der Waals surface area contributed by atoms with Crippen molar-refractivity contribution < 1.29 is 9.53 Å². The number of aryl methyl sites for hydroxylation is 1. The van der Waals surface area contributed by atoms with E-state index in [1.165, 1.54) is 11.3 Å². The van der Waals surface area contributed by atoms with Crippen LogP contribution in [0.3, 0.4) is 0 Å². The van der Waals surface area contributed by atoms with Crippen molar-refractivity contribution in [3.63, 3.8) is 0 Å². The van der Waals surface area contributed by atoms with Crippen LogP contribution in [0.25, 0.3) is 10.2 Å². The van der Waals surface area contributed by atoms with Gasteiger partial charge in [-0.2, -0.15) is 5.10 Å². The van der Waals surface area contributed by atoms with Gasteiger partial charge in [0.15, 0.2) is 10.8 Å². The molecule has 3 heterocycles. The Hall–Kier alpha value is -1.81. The van der Waals surface area contributed by atoms with Crippen molar-refractivity contribution in [3.8, 4) is 0 Å². The van der Waals surface area contributed by atoms with E-state index in [9.17, 15) is 4.79 Å². The summed E-state index contributed by atoms with van der Waals surface area (Å²) in [5, 5.41) is 4.98. The zero-order chi connectivity index (χ0) is 18.8. The molecular formula is C18H20BrN5O2S. The second-order valence-electron chi connectivity index (χ2n) is 6.39. The number of hydrogen-bond donors (Lipinski definition) is 0. The lowest BCUT2D eigenvalue weighted by molar-refractivity contribution is 0.0391. The predicted octanol–water partition coefficient (Wildman–Crippen LogP) is 2.77. The molecule has 1 amide bonds. The minimum atomic E-state index is -0.123. The molecule has 0 aliphatic carbocycles. The van der Waals surface area contributed by atoms with E-state index in [2.05, 4.69) is 25.9 Å². The first kappa shape index (κ1) is 18.5. The smallest absolute Gasteiger partial charge is 0.280 e. The lowest BCUT2D eigenvalue weighted by Gasteiger charge is -2.29. The first-order valence-electron chi connectivity index (χ1n) is 8.78. The highest BCUT2D eigenvalue weighted by Crippen LogP contribution is 2.31. The Labute approximate surface area is 169 Å². The van der Waals surface area contributed by atoms with Gasteiger partial charge in [-0.05, 0) is 24.3 Å². The summed E-state index contributed by atoms with van der Waals surface area (Å²) in [6.45, 7) is 4.60. The van der Waals surface area contributed by atoms with Crippen LogP contribution in [0.5, 0.6) is 0 Å². The standard InChI is InChI=1S/C18H20BrN5O2S/c1-22-5-4-15(21-22)17(25)24(7-6-23-8-10-26-11-9-23)18-20-14-3-2-13(19)12-16(14)27-18/h2-5,12H,6-11H2,1H3. The number of fused-ring (bicyclic) bond motifs is 1. The number of nitrogens with zero attached hydrogens (tertiary/aromatic N) is 5. The fraction of sp³-hybridized carbons (Fsp3) is 0.389. The Morgan fingerprint density at radius 3 is 2.89 bits per heavy atom. The number of halogens is 1. The van der Waals surface area contributed by atoms with E-state index in [1.807, 2.05) is 25.2 Å². The molecule has 1 aliphatic heterocycles. The molecule has 7 nitrogen and oxygen atoms in total. The fourth-order valence-electron chi connectivity index (χ4n) is 3.02.